The van der Waals surface area contributed by atoms with Crippen LogP contribution in [0.3, 0.4) is 0 Å². The van der Waals surface area contributed by atoms with Gasteiger partial charge >= 0.3 is 0 Å². The van der Waals surface area contributed by atoms with Gasteiger partial charge < -0.3 is 16.2 Å². The van der Waals surface area contributed by atoms with E-state index in [2.05, 4.69) is 41.7 Å². The zero-order valence-corrected chi connectivity index (χ0v) is 11.8. The largest absolute Gasteiger partial charge is 0.399 e. The summed E-state index contributed by atoms with van der Waals surface area (Å²) in [6.07, 6.45) is 1.38. The second-order valence-corrected chi connectivity index (χ2v) is 5.06. The highest BCUT2D eigenvalue weighted by Crippen LogP contribution is 2.15. The van der Waals surface area contributed by atoms with Crippen molar-refractivity contribution in [3.63, 3.8) is 0 Å². The second-order valence-electron chi connectivity index (χ2n) is 5.06. The summed E-state index contributed by atoms with van der Waals surface area (Å²) in [4.78, 5) is 0. The Balaban J connectivity index is 1.92. The number of hydrogen-bond acceptors (Lipinski definition) is 3. The highest BCUT2D eigenvalue weighted by atomic mass is 16.3. The lowest BCUT2D eigenvalue weighted by Crippen LogP contribution is -2.18. The predicted molar refractivity (Wildman–Crippen MR) is 84.9 cm³/mol. The highest BCUT2D eigenvalue weighted by Gasteiger charge is 2.01. The van der Waals surface area contributed by atoms with Gasteiger partial charge in [0, 0.05) is 17.9 Å². The van der Waals surface area contributed by atoms with Crippen LogP contribution < -0.4 is 11.1 Å². The Kier molecular flexibility index (Phi) is 5.02. The van der Waals surface area contributed by atoms with Gasteiger partial charge in [0.25, 0.3) is 0 Å². The third-order valence-corrected chi connectivity index (χ3v) is 3.35. The molecule has 0 bridgehead atoms. The molecule has 0 fully saturated rings. The molecular weight excluding hydrogens is 248 g/mol. The number of rotatable bonds is 6. The highest BCUT2D eigenvalue weighted by molar-refractivity contribution is 5.46. The molecule has 2 aromatic carbocycles. The number of benzene rings is 2. The van der Waals surface area contributed by atoms with Gasteiger partial charge in [-0.15, -0.1) is 0 Å². The van der Waals surface area contributed by atoms with Crippen LogP contribution in [0, 0.1) is 0 Å². The molecule has 20 heavy (non-hydrogen) atoms. The van der Waals surface area contributed by atoms with Crippen molar-refractivity contribution in [2.24, 2.45) is 0 Å². The smallest absolute Gasteiger partial charge is 0.0709 e. The minimum absolute atomic E-state index is 0.288. The summed E-state index contributed by atoms with van der Waals surface area (Å²) < 4.78 is 0. The van der Waals surface area contributed by atoms with E-state index in [0.717, 1.165) is 24.2 Å². The van der Waals surface area contributed by atoms with Crippen LogP contribution in [0.25, 0.3) is 0 Å². The fraction of sp³-hybridized carbons (Fsp3) is 0.294. The van der Waals surface area contributed by atoms with Crippen molar-refractivity contribution < 1.29 is 5.11 Å². The van der Waals surface area contributed by atoms with Crippen LogP contribution in [0.15, 0.2) is 48.5 Å². The molecule has 1 unspecified atom stereocenters. The van der Waals surface area contributed by atoms with Gasteiger partial charge in [-0.1, -0.05) is 31.2 Å². The topological polar surface area (TPSA) is 58.3 Å². The van der Waals surface area contributed by atoms with Crippen LogP contribution >= 0.6 is 0 Å². The van der Waals surface area contributed by atoms with Crippen LogP contribution in [0.2, 0.25) is 0 Å². The van der Waals surface area contributed by atoms with Crippen molar-refractivity contribution in [1.82, 2.24) is 0 Å². The molecule has 0 aliphatic heterocycles. The van der Waals surface area contributed by atoms with Crippen molar-refractivity contribution in [1.29, 1.82) is 0 Å². The monoisotopic (exact) mass is 270 g/mol. The maximum atomic E-state index is 9.52. The number of nitrogens with two attached hydrogens (primary N) is 1. The Bertz CT molecular complexity index is 520. The molecule has 3 heteroatoms. The summed E-state index contributed by atoms with van der Waals surface area (Å²) in [7, 11) is 0. The van der Waals surface area contributed by atoms with E-state index >= 15 is 0 Å². The molecule has 0 aromatic heterocycles. The lowest BCUT2D eigenvalue weighted by Gasteiger charge is -2.11. The third kappa shape index (κ3) is 4.28. The Labute approximate surface area is 120 Å². The molecule has 0 aliphatic carbocycles. The van der Waals surface area contributed by atoms with Crippen LogP contribution in [0.5, 0.6) is 0 Å². The number of aliphatic hydroxyl groups excluding tert-OH is 1. The van der Waals surface area contributed by atoms with Crippen molar-refractivity contribution >= 4 is 11.4 Å². The first kappa shape index (κ1) is 14.4. The summed E-state index contributed by atoms with van der Waals surface area (Å²) >= 11 is 0. The third-order valence-electron chi connectivity index (χ3n) is 3.35. The van der Waals surface area contributed by atoms with E-state index in [4.69, 9.17) is 5.73 Å². The minimum Gasteiger partial charge on any atom is -0.399 e. The first-order chi connectivity index (χ1) is 9.67. The second kappa shape index (κ2) is 6.96. The van der Waals surface area contributed by atoms with Crippen LogP contribution in [0.4, 0.5) is 11.4 Å². The summed E-state index contributed by atoms with van der Waals surface area (Å²) in [6.45, 7) is 2.57. The molecule has 1 atom stereocenters. The summed E-state index contributed by atoms with van der Waals surface area (Å²) in [5.41, 5.74) is 10.0. The van der Waals surface area contributed by atoms with E-state index in [1.54, 1.807) is 0 Å². The quantitative estimate of drug-likeness (QED) is 0.707. The summed E-state index contributed by atoms with van der Waals surface area (Å²) in [6, 6.07) is 16.3. The van der Waals surface area contributed by atoms with Gasteiger partial charge in [-0.25, -0.2) is 0 Å². The standard InChI is InChI=1S/C17H22N2O/c1-2-17(20)12-19-16-9-5-14(6-10-16)11-13-3-7-15(18)8-4-13/h3-10,17,19-20H,2,11-12,18H2,1H3. The van der Waals surface area contributed by atoms with E-state index in [1.807, 2.05) is 19.1 Å². The molecule has 0 radical (unpaired) electrons. The number of aliphatic hydroxyl groups is 1. The number of nitrogen functional groups attached to an aromatic ring is 1. The zero-order valence-electron chi connectivity index (χ0n) is 11.8. The van der Waals surface area contributed by atoms with E-state index in [0.29, 0.717) is 6.54 Å². The molecule has 3 nitrogen and oxygen atoms in total. The zero-order chi connectivity index (χ0) is 14.4. The minimum atomic E-state index is -0.288. The molecule has 106 valence electrons. The lowest BCUT2D eigenvalue weighted by atomic mass is 10.0. The molecule has 2 rings (SSSR count). The Morgan fingerprint density at radius 2 is 1.55 bits per heavy atom. The van der Waals surface area contributed by atoms with E-state index in [1.165, 1.54) is 11.1 Å². The van der Waals surface area contributed by atoms with Gasteiger partial charge in [0.1, 0.15) is 0 Å². The van der Waals surface area contributed by atoms with Crippen molar-refractivity contribution in [3.8, 4) is 0 Å². The SMILES string of the molecule is CCC(O)CNc1ccc(Cc2ccc(N)cc2)cc1. The van der Waals surface area contributed by atoms with Gasteiger partial charge in [0.15, 0.2) is 0 Å². The molecule has 0 aliphatic rings. The summed E-state index contributed by atoms with van der Waals surface area (Å²) in [5, 5.41) is 12.7. The molecule has 0 amide bonds. The van der Waals surface area contributed by atoms with E-state index in [9.17, 15) is 5.11 Å². The molecule has 0 saturated carbocycles. The maximum absolute atomic E-state index is 9.52. The lowest BCUT2D eigenvalue weighted by molar-refractivity contribution is 0.183. The van der Waals surface area contributed by atoms with Gasteiger partial charge in [-0.05, 0) is 48.2 Å². The average Bonchev–Trinajstić information content (AvgIpc) is 2.48. The van der Waals surface area contributed by atoms with Crippen molar-refractivity contribution in [2.75, 3.05) is 17.6 Å². The summed E-state index contributed by atoms with van der Waals surface area (Å²) in [5.74, 6) is 0. The van der Waals surface area contributed by atoms with Crippen LogP contribution in [0.1, 0.15) is 24.5 Å². The molecule has 0 spiro atoms. The first-order valence-electron chi connectivity index (χ1n) is 7.02. The van der Waals surface area contributed by atoms with Gasteiger partial charge in [-0.2, -0.15) is 0 Å². The molecule has 4 N–H and O–H groups in total. The van der Waals surface area contributed by atoms with Gasteiger partial charge in [-0.3, -0.25) is 0 Å². The van der Waals surface area contributed by atoms with E-state index < -0.39 is 0 Å². The Morgan fingerprint density at radius 1 is 1.00 bits per heavy atom. The number of nitrogens with one attached hydrogen (secondary N) is 1. The molecule has 2 aromatic rings. The van der Waals surface area contributed by atoms with Crippen LogP contribution in [-0.2, 0) is 6.42 Å². The van der Waals surface area contributed by atoms with Crippen molar-refractivity contribution in [2.45, 2.75) is 25.9 Å². The normalized spacial score (nSPS) is 12.1. The van der Waals surface area contributed by atoms with E-state index in [-0.39, 0.29) is 6.10 Å². The predicted octanol–water partition coefficient (Wildman–Crippen LogP) is 3.04. The first-order valence-corrected chi connectivity index (χ1v) is 7.02. The number of hydrogen-bond donors (Lipinski definition) is 3. The van der Waals surface area contributed by atoms with Crippen LogP contribution in [-0.4, -0.2) is 17.8 Å². The van der Waals surface area contributed by atoms with Gasteiger partial charge in [0.05, 0.1) is 6.10 Å². The maximum Gasteiger partial charge on any atom is 0.0709 e. The number of anilines is 2. The van der Waals surface area contributed by atoms with Gasteiger partial charge in [0.2, 0.25) is 0 Å². The Hall–Kier alpha value is -2.00. The Morgan fingerprint density at radius 3 is 2.10 bits per heavy atom. The fourth-order valence-electron chi connectivity index (χ4n) is 1.99. The molecule has 0 heterocycles. The fourth-order valence-corrected chi connectivity index (χ4v) is 1.99. The average molecular weight is 270 g/mol. The molecular formula is C17H22N2O. The molecule has 0 saturated heterocycles. The van der Waals surface area contributed by atoms with Crippen molar-refractivity contribution in [3.05, 3.63) is 59.7 Å².